The SMILES string of the molecule is N[C@@H](CC(=O)OCc1ccccc1)C(=O)Nc1c(F)cccc1Br. The van der Waals surface area contributed by atoms with Gasteiger partial charge in [0.25, 0.3) is 0 Å². The first-order valence-electron chi connectivity index (χ1n) is 7.17. The van der Waals surface area contributed by atoms with E-state index >= 15 is 0 Å². The molecule has 1 amide bonds. The Labute approximate surface area is 147 Å². The van der Waals surface area contributed by atoms with E-state index < -0.39 is 23.7 Å². The van der Waals surface area contributed by atoms with Crippen molar-refractivity contribution in [3.63, 3.8) is 0 Å². The minimum absolute atomic E-state index is 0.0180. The van der Waals surface area contributed by atoms with Crippen LogP contribution in [0.25, 0.3) is 0 Å². The lowest BCUT2D eigenvalue weighted by atomic mass is 10.2. The zero-order valence-electron chi connectivity index (χ0n) is 12.7. The fourth-order valence-electron chi connectivity index (χ4n) is 1.90. The molecule has 0 heterocycles. The number of hydrogen-bond acceptors (Lipinski definition) is 4. The first-order chi connectivity index (χ1) is 11.5. The summed E-state index contributed by atoms with van der Waals surface area (Å²) in [6, 6.07) is 12.3. The molecule has 1 atom stereocenters. The second-order valence-electron chi connectivity index (χ2n) is 5.04. The van der Waals surface area contributed by atoms with E-state index in [4.69, 9.17) is 10.5 Å². The van der Waals surface area contributed by atoms with Gasteiger partial charge in [-0.3, -0.25) is 9.59 Å². The first kappa shape index (κ1) is 18.1. The van der Waals surface area contributed by atoms with Gasteiger partial charge in [0.1, 0.15) is 12.4 Å². The number of hydrogen-bond donors (Lipinski definition) is 2. The number of anilines is 1. The van der Waals surface area contributed by atoms with Gasteiger partial charge in [0, 0.05) is 4.47 Å². The molecule has 0 saturated carbocycles. The molecule has 0 spiro atoms. The molecule has 3 N–H and O–H groups in total. The van der Waals surface area contributed by atoms with Crippen molar-refractivity contribution in [3.05, 3.63) is 64.4 Å². The van der Waals surface area contributed by atoms with Gasteiger partial charge in [-0.2, -0.15) is 0 Å². The Morgan fingerprint density at radius 1 is 1.17 bits per heavy atom. The predicted molar refractivity (Wildman–Crippen MR) is 91.6 cm³/mol. The van der Waals surface area contributed by atoms with E-state index in [9.17, 15) is 14.0 Å². The molecule has 7 heteroatoms. The average molecular weight is 395 g/mol. The van der Waals surface area contributed by atoms with Gasteiger partial charge in [-0.1, -0.05) is 36.4 Å². The largest absolute Gasteiger partial charge is 0.461 e. The number of benzene rings is 2. The second-order valence-corrected chi connectivity index (χ2v) is 5.90. The van der Waals surface area contributed by atoms with Crippen LogP contribution in [0.4, 0.5) is 10.1 Å². The maximum Gasteiger partial charge on any atom is 0.308 e. The molecule has 2 aromatic carbocycles. The van der Waals surface area contributed by atoms with Crippen molar-refractivity contribution in [2.24, 2.45) is 5.73 Å². The smallest absolute Gasteiger partial charge is 0.308 e. The minimum atomic E-state index is -1.14. The van der Waals surface area contributed by atoms with Crippen LogP contribution in [0.3, 0.4) is 0 Å². The Bertz CT molecular complexity index is 705. The van der Waals surface area contributed by atoms with Gasteiger partial charge in [-0.25, -0.2) is 4.39 Å². The van der Waals surface area contributed by atoms with Crippen LogP contribution in [-0.2, 0) is 20.9 Å². The molecule has 0 radical (unpaired) electrons. The van der Waals surface area contributed by atoms with Gasteiger partial charge in [0.15, 0.2) is 0 Å². The van der Waals surface area contributed by atoms with Gasteiger partial charge in [0.2, 0.25) is 5.91 Å². The van der Waals surface area contributed by atoms with Gasteiger partial charge in [-0.15, -0.1) is 0 Å². The van der Waals surface area contributed by atoms with Crippen molar-refractivity contribution < 1.29 is 18.7 Å². The third kappa shape index (κ3) is 5.14. The van der Waals surface area contributed by atoms with Crippen molar-refractivity contribution >= 4 is 33.5 Å². The standard InChI is InChI=1S/C17H16BrFN2O3/c18-12-7-4-8-13(19)16(12)21-17(23)14(20)9-15(22)24-10-11-5-2-1-3-6-11/h1-8,14H,9-10,20H2,(H,21,23)/t14-/m0/s1. The normalized spacial score (nSPS) is 11.6. The lowest BCUT2D eigenvalue weighted by Crippen LogP contribution is -2.38. The molecule has 2 rings (SSSR count). The van der Waals surface area contributed by atoms with Crippen LogP contribution < -0.4 is 11.1 Å². The molecule has 0 aromatic heterocycles. The van der Waals surface area contributed by atoms with E-state index in [1.54, 1.807) is 6.07 Å². The fraction of sp³-hybridized carbons (Fsp3) is 0.176. The van der Waals surface area contributed by atoms with Crippen LogP contribution in [-0.4, -0.2) is 17.9 Å². The molecule has 24 heavy (non-hydrogen) atoms. The zero-order chi connectivity index (χ0) is 17.5. The highest BCUT2D eigenvalue weighted by molar-refractivity contribution is 9.10. The zero-order valence-corrected chi connectivity index (χ0v) is 14.3. The summed E-state index contributed by atoms with van der Waals surface area (Å²) in [5, 5.41) is 2.36. The summed E-state index contributed by atoms with van der Waals surface area (Å²) in [4.78, 5) is 23.7. The lowest BCUT2D eigenvalue weighted by molar-refractivity contribution is -0.146. The number of nitrogens with one attached hydrogen (secondary N) is 1. The molecule has 0 bridgehead atoms. The topological polar surface area (TPSA) is 81.4 Å². The molecular weight excluding hydrogens is 379 g/mol. The van der Waals surface area contributed by atoms with Crippen LogP contribution in [0.2, 0.25) is 0 Å². The van der Waals surface area contributed by atoms with Crippen molar-refractivity contribution in [1.29, 1.82) is 0 Å². The van der Waals surface area contributed by atoms with Crippen LogP contribution >= 0.6 is 15.9 Å². The van der Waals surface area contributed by atoms with E-state index in [1.165, 1.54) is 12.1 Å². The van der Waals surface area contributed by atoms with Crippen LogP contribution in [0.1, 0.15) is 12.0 Å². The van der Waals surface area contributed by atoms with Gasteiger partial charge in [0.05, 0.1) is 18.2 Å². The number of amides is 1. The highest BCUT2D eigenvalue weighted by Gasteiger charge is 2.20. The summed E-state index contributed by atoms with van der Waals surface area (Å²) in [6.07, 6.45) is -0.301. The number of esters is 1. The lowest BCUT2D eigenvalue weighted by Gasteiger charge is -2.13. The number of nitrogens with two attached hydrogens (primary N) is 1. The van der Waals surface area contributed by atoms with Crippen LogP contribution in [0, 0.1) is 5.82 Å². The maximum absolute atomic E-state index is 13.7. The van der Waals surface area contributed by atoms with Gasteiger partial charge >= 0.3 is 5.97 Å². The van der Waals surface area contributed by atoms with Crippen molar-refractivity contribution in [2.75, 3.05) is 5.32 Å². The highest BCUT2D eigenvalue weighted by Crippen LogP contribution is 2.25. The van der Waals surface area contributed by atoms with Crippen molar-refractivity contribution in [3.8, 4) is 0 Å². The molecule has 0 fully saturated rings. The number of carbonyl (C=O) groups excluding carboxylic acids is 2. The Balaban J connectivity index is 1.86. The molecule has 0 unspecified atom stereocenters. The van der Waals surface area contributed by atoms with E-state index in [2.05, 4.69) is 21.2 Å². The third-order valence-corrected chi connectivity index (χ3v) is 3.84. The molecule has 0 aliphatic carbocycles. The molecule has 0 saturated heterocycles. The maximum atomic E-state index is 13.7. The molecule has 0 aliphatic rings. The Morgan fingerprint density at radius 2 is 1.88 bits per heavy atom. The molecule has 5 nitrogen and oxygen atoms in total. The molecule has 0 aliphatic heterocycles. The molecular formula is C17H16BrFN2O3. The Hall–Kier alpha value is -2.25. The minimum Gasteiger partial charge on any atom is -0.461 e. The molecule has 2 aromatic rings. The average Bonchev–Trinajstić information content (AvgIpc) is 2.57. The summed E-state index contributed by atoms with van der Waals surface area (Å²) in [7, 11) is 0. The predicted octanol–water partition coefficient (Wildman–Crippen LogP) is 2.99. The monoisotopic (exact) mass is 394 g/mol. The number of rotatable bonds is 6. The highest BCUT2D eigenvalue weighted by atomic mass is 79.9. The third-order valence-electron chi connectivity index (χ3n) is 3.18. The summed E-state index contributed by atoms with van der Waals surface area (Å²) >= 11 is 3.14. The van der Waals surface area contributed by atoms with Crippen LogP contribution in [0.15, 0.2) is 53.0 Å². The molecule has 126 valence electrons. The van der Waals surface area contributed by atoms with Crippen molar-refractivity contribution in [2.45, 2.75) is 19.1 Å². The summed E-state index contributed by atoms with van der Waals surface area (Å²) < 4.78 is 19.1. The van der Waals surface area contributed by atoms with Gasteiger partial charge in [-0.05, 0) is 33.6 Å². The number of ether oxygens (including phenoxy) is 1. The van der Waals surface area contributed by atoms with E-state index in [0.717, 1.165) is 5.56 Å². The summed E-state index contributed by atoms with van der Waals surface area (Å²) in [6.45, 7) is 0.104. The van der Waals surface area contributed by atoms with Crippen molar-refractivity contribution in [1.82, 2.24) is 0 Å². The quantitative estimate of drug-likeness (QED) is 0.737. The Morgan fingerprint density at radius 3 is 2.54 bits per heavy atom. The summed E-state index contributed by atoms with van der Waals surface area (Å²) in [5.74, 6) is -1.87. The van der Waals surface area contributed by atoms with E-state index in [-0.39, 0.29) is 18.7 Å². The second kappa shape index (κ2) is 8.56. The first-order valence-corrected chi connectivity index (χ1v) is 7.96. The summed E-state index contributed by atoms with van der Waals surface area (Å²) in [5.41, 5.74) is 6.50. The fourth-order valence-corrected chi connectivity index (χ4v) is 2.34. The van der Waals surface area contributed by atoms with E-state index in [1.807, 2.05) is 30.3 Å². The Kier molecular flexibility index (Phi) is 6.45. The number of halogens is 2. The number of para-hydroxylation sites is 1. The van der Waals surface area contributed by atoms with E-state index in [0.29, 0.717) is 4.47 Å². The van der Waals surface area contributed by atoms with Crippen LogP contribution in [0.5, 0.6) is 0 Å². The number of carbonyl (C=O) groups is 2. The van der Waals surface area contributed by atoms with Gasteiger partial charge < -0.3 is 15.8 Å².